The Kier molecular flexibility index (Phi) is 4.35. The van der Waals surface area contributed by atoms with Crippen LogP contribution in [0.4, 0.5) is 0 Å². The summed E-state index contributed by atoms with van der Waals surface area (Å²) >= 11 is 1.87. The molecule has 90 valence electrons. The molecule has 0 saturated heterocycles. The summed E-state index contributed by atoms with van der Waals surface area (Å²) in [6.45, 7) is 3.23. The molecule has 0 amide bonds. The average Bonchev–Trinajstić information content (AvgIpc) is 2.76. The molecule has 1 unspecified atom stereocenters. The maximum absolute atomic E-state index is 3.30. The molecule has 0 aliphatic heterocycles. The summed E-state index contributed by atoms with van der Waals surface area (Å²) in [5.74, 6) is 0.568. The molecule has 0 radical (unpaired) electrons. The summed E-state index contributed by atoms with van der Waals surface area (Å²) in [7, 11) is 2.03. The van der Waals surface area contributed by atoms with Gasteiger partial charge in [0.25, 0.3) is 0 Å². The lowest BCUT2D eigenvalue weighted by Crippen LogP contribution is -2.19. The number of nitrogens with one attached hydrogen (secondary N) is 1. The van der Waals surface area contributed by atoms with E-state index < -0.39 is 0 Å². The number of thiophene rings is 1. The third-order valence-electron chi connectivity index (χ3n) is 3.12. The van der Waals surface area contributed by atoms with Crippen molar-refractivity contribution in [2.45, 2.75) is 19.3 Å². The monoisotopic (exact) mass is 245 g/mol. The molecule has 0 bridgehead atoms. The minimum atomic E-state index is 0.568. The van der Waals surface area contributed by atoms with E-state index in [-0.39, 0.29) is 0 Å². The fourth-order valence-electron chi connectivity index (χ4n) is 2.12. The van der Waals surface area contributed by atoms with Gasteiger partial charge in [0.05, 0.1) is 0 Å². The molecule has 1 aromatic carbocycles. The molecule has 2 heteroatoms. The van der Waals surface area contributed by atoms with Crippen LogP contribution in [-0.2, 0) is 6.42 Å². The molecule has 1 aromatic heterocycles. The topological polar surface area (TPSA) is 12.0 Å². The van der Waals surface area contributed by atoms with Crippen molar-refractivity contribution in [1.82, 2.24) is 5.32 Å². The van der Waals surface area contributed by atoms with Gasteiger partial charge in [-0.05, 0) is 43.0 Å². The van der Waals surface area contributed by atoms with E-state index in [1.807, 2.05) is 18.4 Å². The van der Waals surface area contributed by atoms with Crippen molar-refractivity contribution in [3.63, 3.8) is 0 Å². The standard InChI is InChI=1S/C15H19NS/c1-12-8-9-17-15(12)10-14(11-16-2)13-6-4-3-5-7-13/h3-9,14,16H,10-11H2,1-2H3. The van der Waals surface area contributed by atoms with E-state index in [9.17, 15) is 0 Å². The summed E-state index contributed by atoms with van der Waals surface area (Å²) in [6.07, 6.45) is 1.13. The van der Waals surface area contributed by atoms with Gasteiger partial charge in [0.2, 0.25) is 0 Å². The molecule has 2 aromatic rings. The second-order valence-electron chi connectivity index (χ2n) is 4.40. The van der Waals surface area contributed by atoms with Gasteiger partial charge in [-0.15, -0.1) is 11.3 Å². The summed E-state index contributed by atoms with van der Waals surface area (Å²) in [5, 5.41) is 5.49. The molecule has 0 fully saturated rings. The van der Waals surface area contributed by atoms with Crippen LogP contribution in [0.5, 0.6) is 0 Å². The predicted octanol–water partition coefficient (Wildman–Crippen LogP) is 3.60. The van der Waals surface area contributed by atoms with Gasteiger partial charge in [0.1, 0.15) is 0 Å². The number of aryl methyl sites for hydroxylation is 1. The number of hydrogen-bond acceptors (Lipinski definition) is 2. The fraction of sp³-hybridized carbons (Fsp3) is 0.333. The van der Waals surface area contributed by atoms with Gasteiger partial charge in [-0.1, -0.05) is 30.3 Å². The zero-order chi connectivity index (χ0) is 12.1. The Morgan fingerprint density at radius 1 is 1.18 bits per heavy atom. The molecule has 1 atom stereocenters. The maximum Gasteiger partial charge on any atom is 0.00809 e. The molecule has 0 aliphatic rings. The van der Waals surface area contributed by atoms with Crippen molar-refractivity contribution >= 4 is 11.3 Å². The summed E-state index contributed by atoms with van der Waals surface area (Å²) in [6, 6.07) is 13.0. The van der Waals surface area contributed by atoms with E-state index in [0.717, 1.165) is 13.0 Å². The number of rotatable bonds is 5. The van der Waals surface area contributed by atoms with Crippen LogP contribution in [-0.4, -0.2) is 13.6 Å². The molecule has 1 N–H and O–H groups in total. The van der Waals surface area contributed by atoms with Crippen molar-refractivity contribution < 1.29 is 0 Å². The van der Waals surface area contributed by atoms with Crippen molar-refractivity contribution in [1.29, 1.82) is 0 Å². The smallest absolute Gasteiger partial charge is 0.00809 e. The molecule has 17 heavy (non-hydrogen) atoms. The van der Waals surface area contributed by atoms with Gasteiger partial charge in [0, 0.05) is 17.3 Å². The summed E-state index contributed by atoms with van der Waals surface area (Å²) < 4.78 is 0. The van der Waals surface area contributed by atoms with E-state index in [1.165, 1.54) is 16.0 Å². The van der Waals surface area contributed by atoms with E-state index in [2.05, 4.69) is 54.0 Å². The van der Waals surface area contributed by atoms with Gasteiger partial charge in [-0.2, -0.15) is 0 Å². The lowest BCUT2D eigenvalue weighted by Gasteiger charge is -2.16. The molecular formula is C15H19NS. The van der Waals surface area contributed by atoms with Gasteiger partial charge in [0.15, 0.2) is 0 Å². The Morgan fingerprint density at radius 3 is 2.53 bits per heavy atom. The van der Waals surface area contributed by atoms with Crippen molar-refractivity contribution in [3.8, 4) is 0 Å². The Labute approximate surface area is 108 Å². The molecular weight excluding hydrogens is 226 g/mol. The maximum atomic E-state index is 3.30. The van der Waals surface area contributed by atoms with Crippen molar-refractivity contribution in [2.75, 3.05) is 13.6 Å². The van der Waals surface area contributed by atoms with Gasteiger partial charge in [-0.25, -0.2) is 0 Å². The highest BCUT2D eigenvalue weighted by Crippen LogP contribution is 2.25. The minimum absolute atomic E-state index is 0.568. The van der Waals surface area contributed by atoms with Crippen molar-refractivity contribution in [3.05, 3.63) is 57.8 Å². The van der Waals surface area contributed by atoms with Crippen molar-refractivity contribution in [2.24, 2.45) is 0 Å². The third-order valence-corrected chi connectivity index (χ3v) is 4.17. The highest BCUT2D eigenvalue weighted by Gasteiger charge is 2.13. The number of likely N-dealkylation sites (N-methyl/N-ethyl adjacent to an activating group) is 1. The third kappa shape index (κ3) is 3.18. The fourth-order valence-corrected chi connectivity index (χ4v) is 3.10. The van der Waals surface area contributed by atoms with Gasteiger partial charge in [-0.3, -0.25) is 0 Å². The quantitative estimate of drug-likeness (QED) is 0.848. The summed E-state index contributed by atoms with van der Waals surface area (Å²) in [5.41, 5.74) is 2.85. The predicted molar refractivity (Wildman–Crippen MR) is 75.9 cm³/mol. The Hall–Kier alpha value is -1.12. The second kappa shape index (κ2) is 5.99. The molecule has 0 saturated carbocycles. The molecule has 1 nitrogen and oxygen atoms in total. The molecule has 0 aliphatic carbocycles. The highest BCUT2D eigenvalue weighted by molar-refractivity contribution is 7.10. The zero-order valence-electron chi connectivity index (χ0n) is 10.4. The number of hydrogen-bond donors (Lipinski definition) is 1. The van der Waals surface area contributed by atoms with E-state index in [4.69, 9.17) is 0 Å². The number of benzene rings is 1. The minimum Gasteiger partial charge on any atom is -0.319 e. The Morgan fingerprint density at radius 2 is 1.94 bits per heavy atom. The summed E-state index contributed by atoms with van der Waals surface area (Å²) in [4.78, 5) is 1.51. The van der Waals surface area contributed by atoms with Crippen LogP contribution < -0.4 is 5.32 Å². The molecule has 1 heterocycles. The normalized spacial score (nSPS) is 12.6. The Bertz CT molecular complexity index is 447. The molecule has 0 spiro atoms. The first-order chi connectivity index (χ1) is 8.31. The first-order valence-electron chi connectivity index (χ1n) is 6.03. The first kappa shape index (κ1) is 12.3. The van der Waals surface area contributed by atoms with Crippen LogP contribution in [0.2, 0.25) is 0 Å². The van der Waals surface area contributed by atoms with Crippen LogP contribution in [0, 0.1) is 6.92 Å². The molecule has 2 rings (SSSR count). The zero-order valence-corrected chi connectivity index (χ0v) is 11.3. The van der Waals surface area contributed by atoms with E-state index >= 15 is 0 Å². The largest absolute Gasteiger partial charge is 0.319 e. The Balaban J connectivity index is 2.16. The van der Waals surface area contributed by atoms with Crippen LogP contribution in [0.15, 0.2) is 41.8 Å². The first-order valence-corrected chi connectivity index (χ1v) is 6.91. The van der Waals surface area contributed by atoms with Gasteiger partial charge < -0.3 is 5.32 Å². The van der Waals surface area contributed by atoms with Crippen LogP contribution in [0.3, 0.4) is 0 Å². The lowest BCUT2D eigenvalue weighted by atomic mass is 9.94. The lowest BCUT2D eigenvalue weighted by molar-refractivity contribution is 0.629. The van der Waals surface area contributed by atoms with Gasteiger partial charge >= 0.3 is 0 Å². The van der Waals surface area contributed by atoms with Crippen LogP contribution in [0.1, 0.15) is 21.9 Å². The average molecular weight is 245 g/mol. The highest BCUT2D eigenvalue weighted by atomic mass is 32.1. The second-order valence-corrected chi connectivity index (χ2v) is 5.40. The van der Waals surface area contributed by atoms with Crippen LogP contribution in [0.25, 0.3) is 0 Å². The van der Waals surface area contributed by atoms with E-state index in [0.29, 0.717) is 5.92 Å². The van der Waals surface area contributed by atoms with Crippen LogP contribution >= 0.6 is 11.3 Å². The van der Waals surface area contributed by atoms with E-state index in [1.54, 1.807) is 0 Å². The SMILES string of the molecule is CNCC(Cc1sccc1C)c1ccccc1.